The highest BCUT2D eigenvalue weighted by atomic mass is 31.2. The zero-order chi connectivity index (χ0) is 40.8. The van der Waals surface area contributed by atoms with Crippen LogP contribution in [-0.2, 0) is 32.7 Å². The number of unbranched alkanes of at least 4 members (excludes halogenated alkanes) is 9. The third-order valence-electron chi connectivity index (χ3n) is 8.36. The van der Waals surface area contributed by atoms with Crippen LogP contribution in [0.1, 0.15) is 142 Å². The van der Waals surface area contributed by atoms with Crippen LogP contribution in [0.15, 0.2) is 60.8 Å². The van der Waals surface area contributed by atoms with Gasteiger partial charge in [-0.05, 0) is 77.0 Å². The van der Waals surface area contributed by atoms with Crippen molar-refractivity contribution in [2.24, 2.45) is 0 Å². The van der Waals surface area contributed by atoms with Gasteiger partial charge in [0.15, 0.2) is 6.10 Å². The van der Waals surface area contributed by atoms with Crippen molar-refractivity contribution in [3.8, 4) is 0 Å². The summed E-state index contributed by atoms with van der Waals surface area (Å²) in [7, 11) is -4.69. The number of hydrogen-bond acceptors (Lipinski definition) is 11. The van der Waals surface area contributed by atoms with Crippen LogP contribution >= 0.6 is 7.82 Å². The Morgan fingerprint density at radius 2 is 1.16 bits per heavy atom. The van der Waals surface area contributed by atoms with E-state index in [1.54, 1.807) is 0 Å². The Balaban J connectivity index is 4.60. The normalized spacial score (nSPS) is 15.7. The number of phosphoric ester groups is 1. The molecule has 1 unspecified atom stereocenters. The molecular formula is C42H73O12P. The van der Waals surface area contributed by atoms with Crippen LogP contribution in [0.3, 0.4) is 0 Å². The van der Waals surface area contributed by atoms with E-state index in [1.807, 2.05) is 18.2 Å². The highest BCUT2D eigenvalue weighted by molar-refractivity contribution is 7.47. The van der Waals surface area contributed by atoms with Crippen molar-refractivity contribution in [2.75, 3.05) is 26.4 Å². The molecule has 0 aliphatic heterocycles. The lowest BCUT2D eigenvalue weighted by atomic mass is 10.0. The van der Waals surface area contributed by atoms with Gasteiger partial charge in [0, 0.05) is 12.8 Å². The average molecular weight is 801 g/mol. The summed E-state index contributed by atoms with van der Waals surface area (Å²) in [4.78, 5) is 34.9. The SMILES string of the molecule is CC/C=C\C/C=C\C/C=C\C/C=C\C[C@H](O)[C@@H](O)CCCC(=O)OC[C@H](COP(=O)(O)OC[C@@H](O)CO)OC(=O)CCCCCCC/C=C\CCCCCC. The second kappa shape index (κ2) is 37.2. The standard InChI is InChI=1S/C42H73O12P/c1-3-5-7-9-11-13-15-17-19-21-23-25-27-31-42(48)54-38(36-53-55(49,50)52-34-37(44)33-43)35-51-41(47)32-28-30-40(46)39(45)29-26-24-22-20-18-16-14-12-10-8-6-4-2/h6,8,12-15,18,20,24,26,37-40,43-46H,3-5,7,9-11,16-17,19,21-23,25,27-36H2,1-2H3,(H,49,50)/b8-6-,14-12-,15-13-,20-18-,26-24-/t37-,38+,39-,40-/m0/s1. The van der Waals surface area contributed by atoms with Crippen LogP contribution in [-0.4, -0.2) is 88.1 Å². The van der Waals surface area contributed by atoms with Crippen LogP contribution in [0.2, 0.25) is 0 Å². The van der Waals surface area contributed by atoms with Gasteiger partial charge in [-0.3, -0.25) is 18.6 Å². The van der Waals surface area contributed by atoms with Gasteiger partial charge < -0.3 is 34.8 Å². The summed E-state index contributed by atoms with van der Waals surface area (Å²) in [5.41, 5.74) is 0. The Bertz CT molecular complexity index is 1140. The van der Waals surface area contributed by atoms with Crippen LogP contribution in [0.5, 0.6) is 0 Å². The summed E-state index contributed by atoms with van der Waals surface area (Å²) in [5.74, 6) is -1.23. The number of hydrogen-bond donors (Lipinski definition) is 5. The van der Waals surface area contributed by atoms with Crippen molar-refractivity contribution >= 4 is 19.8 Å². The lowest BCUT2D eigenvalue weighted by Crippen LogP contribution is -2.30. The Hall–Kier alpha value is -2.41. The number of allylic oxidation sites excluding steroid dienone is 9. The molecular weight excluding hydrogens is 727 g/mol. The number of ether oxygens (including phenoxy) is 2. The summed E-state index contributed by atoms with van der Waals surface area (Å²) in [5, 5.41) is 38.9. The van der Waals surface area contributed by atoms with E-state index in [-0.39, 0.29) is 32.1 Å². The van der Waals surface area contributed by atoms with Gasteiger partial charge >= 0.3 is 19.8 Å². The minimum Gasteiger partial charge on any atom is -0.462 e. The Kier molecular flexibility index (Phi) is 35.6. The number of aliphatic hydroxyl groups excluding tert-OH is 4. The molecule has 0 amide bonds. The van der Waals surface area contributed by atoms with Crippen LogP contribution in [0.4, 0.5) is 0 Å². The van der Waals surface area contributed by atoms with Crippen molar-refractivity contribution in [1.82, 2.24) is 0 Å². The number of phosphoric acid groups is 1. The van der Waals surface area contributed by atoms with Gasteiger partial charge in [-0.1, -0.05) is 113 Å². The molecule has 0 saturated carbocycles. The zero-order valence-electron chi connectivity index (χ0n) is 33.6. The molecule has 0 heterocycles. The number of carbonyl (C=O) groups is 2. The molecule has 0 fully saturated rings. The maximum atomic E-state index is 12.6. The fourth-order valence-corrected chi connectivity index (χ4v) is 5.86. The van der Waals surface area contributed by atoms with Gasteiger partial charge in [-0.2, -0.15) is 0 Å². The first-order valence-corrected chi connectivity index (χ1v) is 21.9. The molecule has 0 spiro atoms. The van der Waals surface area contributed by atoms with Crippen molar-refractivity contribution in [3.63, 3.8) is 0 Å². The van der Waals surface area contributed by atoms with E-state index in [1.165, 1.54) is 25.7 Å². The van der Waals surface area contributed by atoms with Crippen LogP contribution < -0.4 is 0 Å². The largest absolute Gasteiger partial charge is 0.472 e. The second-order valence-corrected chi connectivity index (χ2v) is 15.0. The molecule has 55 heavy (non-hydrogen) atoms. The van der Waals surface area contributed by atoms with Gasteiger partial charge in [0.05, 0.1) is 32.0 Å². The van der Waals surface area contributed by atoms with E-state index in [0.717, 1.165) is 57.8 Å². The highest BCUT2D eigenvalue weighted by Crippen LogP contribution is 2.43. The Morgan fingerprint density at radius 1 is 0.618 bits per heavy atom. The molecule has 0 aliphatic rings. The molecule has 0 bridgehead atoms. The molecule has 0 aliphatic carbocycles. The average Bonchev–Trinajstić information content (AvgIpc) is 3.17. The molecule has 13 heteroatoms. The lowest BCUT2D eigenvalue weighted by molar-refractivity contribution is -0.161. The summed E-state index contributed by atoms with van der Waals surface area (Å²) < 4.78 is 32.4. The highest BCUT2D eigenvalue weighted by Gasteiger charge is 2.27. The molecule has 12 nitrogen and oxygen atoms in total. The fourth-order valence-electron chi connectivity index (χ4n) is 5.07. The van der Waals surface area contributed by atoms with Crippen LogP contribution in [0.25, 0.3) is 0 Å². The smallest absolute Gasteiger partial charge is 0.462 e. The number of esters is 2. The minimum absolute atomic E-state index is 0.0787. The Labute approximate surface area is 331 Å². The van der Waals surface area contributed by atoms with Gasteiger partial charge in [0.1, 0.15) is 12.7 Å². The number of aliphatic hydroxyl groups is 4. The summed E-state index contributed by atoms with van der Waals surface area (Å²) in [6.07, 6.45) is 32.2. The first-order valence-electron chi connectivity index (χ1n) is 20.4. The molecule has 0 aromatic rings. The summed E-state index contributed by atoms with van der Waals surface area (Å²) in [6, 6.07) is 0. The van der Waals surface area contributed by atoms with Crippen molar-refractivity contribution in [3.05, 3.63) is 60.8 Å². The van der Waals surface area contributed by atoms with Crippen molar-refractivity contribution in [2.45, 2.75) is 167 Å². The lowest BCUT2D eigenvalue weighted by Gasteiger charge is -2.20. The Morgan fingerprint density at radius 3 is 1.78 bits per heavy atom. The maximum Gasteiger partial charge on any atom is 0.472 e. The zero-order valence-corrected chi connectivity index (χ0v) is 34.5. The van der Waals surface area contributed by atoms with E-state index in [2.05, 4.69) is 60.9 Å². The third-order valence-corrected chi connectivity index (χ3v) is 9.31. The van der Waals surface area contributed by atoms with E-state index < -0.39 is 70.6 Å². The molecule has 318 valence electrons. The topological polar surface area (TPSA) is 189 Å². The molecule has 0 rings (SSSR count). The predicted molar refractivity (Wildman–Crippen MR) is 217 cm³/mol. The fraction of sp³-hybridized carbons (Fsp3) is 0.714. The van der Waals surface area contributed by atoms with Crippen molar-refractivity contribution in [1.29, 1.82) is 0 Å². The number of rotatable bonds is 37. The predicted octanol–water partition coefficient (Wildman–Crippen LogP) is 8.27. The molecule has 5 N–H and O–H groups in total. The summed E-state index contributed by atoms with van der Waals surface area (Å²) in [6.45, 7) is 1.88. The molecule has 0 radical (unpaired) electrons. The van der Waals surface area contributed by atoms with Gasteiger partial charge in [-0.25, -0.2) is 4.57 Å². The van der Waals surface area contributed by atoms with Crippen molar-refractivity contribution < 1.29 is 58.0 Å². The first kappa shape index (κ1) is 52.6. The minimum atomic E-state index is -4.69. The van der Waals surface area contributed by atoms with E-state index in [9.17, 15) is 34.4 Å². The molecule has 0 saturated heterocycles. The first-order chi connectivity index (χ1) is 26.5. The molecule has 0 aromatic carbocycles. The van der Waals surface area contributed by atoms with Gasteiger partial charge in [-0.15, -0.1) is 0 Å². The molecule has 5 atom stereocenters. The van der Waals surface area contributed by atoms with Crippen LogP contribution in [0, 0.1) is 0 Å². The second-order valence-electron chi connectivity index (χ2n) is 13.6. The van der Waals surface area contributed by atoms with E-state index in [4.69, 9.17) is 19.1 Å². The quantitative estimate of drug-likeness (QED) is 0.0175. The third kappa shape index (κ3) is 35.7. The maximum absolute atomic E-state index is 12.6. The van der Waals surface area contributed by atoms with Gasteiger partial charge in [0.2, 0.25) is 0 Å². The van der Waals surface area contributed by atoms with E-state index in [0.29, 0.717) is 12.8 Å². The number of carbonyl (C=O) groups excluding carboxylic acids is 2. The monoisotopic (exact) mass is 800 g/mol. The summed E-state index contributed by atoms with van der Waals surface area (Å²) >= 11 is 0. The molecule has 0 aromatic heterocycles. The van der Waals surface area contributed by atoms with E-state index >= 15 is 0 Å². The van der Waals surface area contributed by atoms with Gasteiger partial charge in [0.25, 0.3) is 0 Å².